The molecule has 0 unspecified atom stereocenters. The summed E-state index contributed by atoms with van der Waals surface area (Å²) >= 11 is 0. The van der Waals surface area contributed by atoms with Gasteiger partial charge in [0.25, 0.3) is 10.0 Å². The Labute approximate surface area is 153 Å². The minimum atomic E-state index is -3.70. The van der Waals surface area contributed by atoms with Crippen molar-refractivity contribution in [3.05, 3.63) is 84.4 Å². The van der Waals surface area contributed by atoms with Gasteiger partial charge in [0.05, 0.1) is 4.90 Å². The van der Waals surface area contributed by atoms with Crippen LogP contribution in [0.1, 0.15) is 17.9 Å². The first-order chi connectivity index (χ1) is 12.5. The molecule has 5 heteroatoms. The molecule has 3 N–H and O–H groups in total. The highest BCUT2D eigenvalue weighted by Crippen LogP contribution is 2.39. The van der Waals surface area contributed by atoms with Crippen molar-refractivity contribution in [2.75, 3.05) is 4.72 Å². The summed E-state index contributed by atoms with van der Waals surface area (Å²) < 4.78 is 28.6. The van der Waals surface area contributed by atoms with Gasteiger partial charge in [0.1, 0.15) is 0 Å². The fourth-order valence-electron chi connectivity index (χ4n) is 3.16. The van der Waals surface area contributed by atoms with Crippen LogP contribution in [0, 0.1) is 0 Å². The van der Waals surface area contributed by atoms with Crippen molar-refractivity contribution in [2.24, 2.45) is 5.73 Å². The van der Waals surface area contributed by atoms with Crippen LogP contribution in [0.15, 0.2) is 83.8 Å². The first-order valence-electron chi connectivity index (χ1n) is 8.57. The summed E-state index contributed by atoms with van der Waals surface area (Å²) in [6, 6.07) is 24.2. The second-order valence-electron chi connectivity index (χ2n) is 6.60. The maximum absolute atomic E-state index is 12.9. The Kier molecular flexibility index (Phi) is 4.26. The van der Waals surface area contributed by atoms with E-state index in [1.165, 1.54) is 0 Å². The van der Waals surface area contributed by atoms with E-state index in [1.54, 1.807) is 24.3 Å². The van der Waals surface area contributed by atoms with Gasteiger partial charge in [0.2, 0.25) is 0 Å². The zero-order valence-electron chi connectivity index (χ0n) is 14.2. The maximum atomic E-state index is 12.9. The first kappa shape index (κ1) is 16.8. The molecule has 0 aliphatic heterocycles. The molecule has 1 saturated carbocycles. The fourth-order valence-corrected chi connectivity index (χ4v) is 4.45. The maximum Gasteiger partial charge on any atom is 0.262 e. The van der Waals surface area contributed by atoms with Crippen molar-refractivity contribution in [3.8, 4) is 11.1 Å². The lowest BCUT2D eigenvalue weighted by atomic mass is 10.1. The average molecular weight is 364 g/mol. The zero-order valence-corrected chi connectivity index (χ0v) is 15.0. The molecule has 0 bridgehead atoms. The van der Waals surface area contributed by atoms with Crippen LogP contribution in [0.5, 0.6) is 0 Å². The largest absolute Gasteiger partial charge is 0.327 e. The van der Waals surface area contributed by atoms with Crippen LogP contribution < -0.4 is 10.5 Å². The standard InChI is InChI=1S/C21H20N2O2S/c22-20-14-19(20)16-10-12-17(13-11-16)23-26(24,25)21-9-5-4-8-18(21)15-6-2-1-3-7-15/h1-13,19-20,23H,14,22H2/t19-,20+/m0/s1. The van der Waals surface area contributed by atoms with Crippen LogP contribution in [0.3, 0.4) is 0 Å². The predicted molar refractivity (Wildman–Crippen MR) is 104 cm³/mol. The first-order valence-corrected chi connectivity index (χ1v) is 10.1. The monoisotopic (exact) mass is 364 g/mol. The lowest BCUT2D eigenvalue weighted by molar-refractivity contribution is 0.601. The molecule has 0 saturated heterocycles. The molecule has 1 aliphatic rings. The highest BCUT2D eigenvalue weighted by molar-refractivity contribution is 7.92. The second-order valence-corrected chi connectivity index (χ2v) is 8.25. The topological polar surface area (TPSA) is 72.2 Å². The summed E-state index contributed by atoms with van der Waals surface area (Å²) in [6.07, 6.45) is 0.996. The molecule has 0 aromatic heterocycles. The lowest BCUT2D eigenvalue weighted by Crippen LogP contribution is -2.14. The molecule has 1 fully saturated rings. The molecule has 0 heterocycles. The molecule has 3 aromatic carbocycles. The van der Waals surface area contributed by atoms with Crippen LogP contribution >= 0.6 is 0 Å². The van der Waals surface area contributed by atoms with Gasteiger partial charge in [0.15, 0.2) is 0 Å². The third kappa shape index (κ3) is 3.36. The Morgan fingerprint density at radius 2 is 1.46 bits per heavy atom. The van der Waals surface area contributed by atoms with Crippen LogP contribution in [0.2, 0.25) is 0 Å². The van der Waals surface area contributed by atoms with Crippen molar-refractivity contribution in [1.29, 1.82) is 0 Å². The molecule has 0 radical (unpaired) electrons. The van der Waals surface area contributed by atoms with Gasteiger partial charge in [-0.2, -0.15) is 0 Å². The van der Waals surface area contributed by atoms with Gasteiger partial charge < -0.3 is 5.73 Å². The Morgan fingerprint density at radius 3 is 2.12 bits per heavy atom. The summed E-state index contributed by atoms with van der Waals surface area (Å²) in [5.41, 5.74) is 9.13. The van der Waals surface area contributed by atoms with E-state index in [0.717, 1.165) is 17.5 Å². The molecular weight excluding hydrogens is 344 g/mol. The van der Waals surface area contributed by atoms with E-state index in [1.807, 2.05) is 54.6 Å². The van der Waals surface area contributed by atoms with Crippen molar-refractivity contribution in [2.45, 2.75) is 23.3 Å². The summed E-state index contributed by atoms with van der Waals surface area (Å²) in [5, 5.41) is 0. The van der Waals surface area contributed by atoms with Gasteiger partial charge in [-0.15, -0.1) is 0 Å². The van der Waals surface area contributed by atoms with Gasteiger partial charge >= 0.3 is 0 Å². The molecule has 2 atom stereocenters. The molecule has 132 valence electrons. The highest BCUT2D eigenvalue weighted by Gasteiger charge is 2.34. The number of hydrogen-bond donors (Lipinski definition) is 2. The van der Waals surface area contributed by atoms with Crippen LogP contribution in [-0.4, -0.2) is 14.5 Å². The van der Waals surface area contributed by atoms with E-state index in [9.17, 15) is 8.42 Å². The highest BCUT2D eigenvalue weighted by atomic mass is 32.2. The molecular formula is C21H20N2O2S. The molecule has 4 nitrogen and oxygen atoms in total. The average Bonchev–Trinajstić information content (AvgIpc) is 3.39. The van der Waals surface area contributed by atoms with Gasteiger partial charge in [-0.3, -0.25) is 4.72 Å². The number of nitrogens with two attached hydrogens (primary N) is 1. The third-order valence-corrected chi connectivity index (χ3v) is 6.13. The minimum absolute atomic E-state index is 0.232. The second kappa shape index (κ2) is 6.59. The molecule has 0 spiro atoms. The van der Waals surface area contributed by atoms with E-state index >= 15 is 0 Å². The van der Waals surface area contributed by atoms with E-state index in [-0.39, 0.29) is 10.9 Å². The van der Waals surface area contributed by atoms with Gasteiger partial charge in [-0.25, -0.2) is 8.42 Å². The Morgan fingerprint density at radius 1 is 0.846 bits per heavy atom. The van der Waals surface area contributed by atoms with Crippen molar-refractivity contribution in [3.63, 3.8) is 0 Å². The fraction of sp³-hybridized carbons (Fsp3) is 0.143. The smallest absolute Gasteiger partial charge is 0.262 e. The lowest BCUT2D eigenvalue weighted by Gasteiger charge is -2.13. The van der Waals surface area contributed by atoms with Gasteiger partial charge in [-0.1, -0.05) is 60.7 Å². The number of benzene rings is 3. The van der Waals surface area contributed by atoms with Crippen LogP contribution in [-0.2, 0) is 10.0 Å². The van der Waals surface area contributed by atoms with Crippen LogP contribution in [0.25, 0.3) is 11.1 Å². The van der Waals surface area contributed by atoms with Gasteiger partial charge in [0, 0.05) is 23.2 Å². The van der Waals surface area contributed by atoms with Gasteiger partial charge in [-0.05, 0) is 35.7 Å². The quantitative estimate of drug-likeness (QED) is 0.719. The molecule has 26 heavy (non-hydrogen) atoms. The van der Waals surface area contributed by atoms with E-state index in [4.69, 9.17) is 5.73 Å². The molecule has 4 rings (SSSR count). The third-order valence-electron chi connectivity index (χ3n) is 4.69. The number of hydrogen-bond acceptors (Lipinski definition) is 3. The number of nitrogens with one attached hydrogen (secondary N) is 1. The minimum Gasteiger partial charge on any atom is -0.327 e. The predicted octanol–water partition coefficient (Wildman–Crippen LogP) is 3.97. The normalized spacial score (nSPS) is 19.1. The molecule has 0 amide bonds. The molecule has 3 aromatic rings. The Hall–Kier alpha value is -2.63. The van der Waals surface area contributed by atoms with E-state index in [0.29, 0.717) is 17.2 Å². The van der Waals surface area contributed by atoms with E-state index in [2.05, 4.69) is 4.72 Å². The van der Waals surface area contributed by atoms with E-state index < -0.39 is 10.0 Å². The number of sulfonamides is 1. The summed E-state index contributed by atoms with van der Waals surface area (Å²) in [5.74, 6) is 0.402. The SMILES string of the molecule is N[C@@H]1C[C@H]1c1ccc(NS(=O)(=O)c2ccccc2-c2ccccc2)cc1. The van der Waals surface area contributed by atoms with Crippen LogP contribution in [0.4, 0.5) is 5.69 Å². The number of anilines is 1. The summed E-state index contributed by atoms with van der Waals surface area (Å²) in [7, 11) is -3.70. The summed E-state index contributed by atoms with van der Waals surface area (Å²) in [4.78, 5) is 0.263. The van der Waals surface area contributed by atoms with Crippen molar-refractivity contribution < 1.29 is 8.42 Å². The Bertz CT molecular complexity index is 1020. The Balaban J connectivity index is 1.63. The van der Waals surface area contributed by atoms with Crippen molar-refractivity contribution >= 4 is 15.7 Å². The molecule has 1 aliphatic carbocycles. The number of rotatable bonds is 5. The van der Waals surface area contributed by atoms with Crippen molar-refractivity contribution in [1.82, 2.24) is 0 Å². The summed E-state index contributed by atoms with van der Waals surface area (Å²) in [6.45, 7) is 0. The zero-order chi connectivity index (χ0) is 18.1.